The second-order valence-electron chi connectivity index (χ2n) is 13.6. The summed E-state index contributed by atoms with van der Waals surface area (Å²) in [5.41, 5.74) is 4.28. The summed E-state index contributed by atoms with van der Waals surface area (Å²) in [7, 11) is 1.73. The number of likely N-dealkylation sites (tertiary alicyclic amines) is 1. The van der Waals surface area contributed by atoms with Gasteiger partial charge >= 0.3 is 17.9 Å². The van der Waals surface area contributed by atoms with E-state index in [1.165, 1.54) is 0 Å². The van der Waals surface area contributed by atoms with Gasteiger partial charge in [0.25, 0.3) is 0 Å². The number of amides is 2. The maximum Gasteiger partial charge on any atom is 0.410 e. The average Bonchev–Trinajstić information content (AvgIpc) is 3.67. The minimum Gasteiger partial charge on any atom is -0.444 e. The van der Waals surface area contributed by atoms with Gasteiger partial charge in [0.15, 0.2) is 5.82 Å². The van der Waals surface area contributed by atoms with Crippen LogP contribution in [-0.4, -0.2) is 83.7 Å². The molecule has 13 nitrogen and oxygen atoms in total. The largest absolute Gasteiger partial charge is 0.444 e. The number of ether oxygens (including phenoxy) is 1. The van der Waals surface area contributed by atoms with Crippen LogP contribution in [0.15, 0.2) is 95.9 Å². The highest BCUT2D eigenvalue weighted by Gasteiger charge is 2.32. The van der Waals surface area contributed by atoms with Crippen LogP contribution in [0.3, 0.4) is 0 Å². The third kappa shape index (κ3) is 7.58. The number of nitrogens with one attached hydrogen (secondary N) is 1. The highest BCUT2D eigenvalue weighted by molar-refractivity contribution is 6.02. The number of carbonyl (C=O) groups is 2. The van der Waals surface area contributed by atoms with Crippen molar-refractivity contribution in [1.29, 1.82) is 0 Å². The maximum atomic E-state index is 13.4. The molecule has 7 rings (SSSR count). The van der Waals surface area contributed by atoms with Gasteiger partial charge in [-0.3, -0.25) is 14.8 Å². The number of pyridine rings is 2. The maximum absolute atomic E-state index is 13.4. The Bertz CT molecular complexity index is 2200. The number of benzene rings is 2. The van der Waals surface area contributed by atoms with Crippen molar-refractivity contribution in [3.05, 3.63) is 103 Å². The molecule has 1 aliphatic heterocycles. The van der Waals surface area contributed by atoms with Crippen LogP contribution >= 0.6 is 0 Å². The van der Waals surface area contributed by atoms with Crippen molar-refractivity contribution < 1.29 is 18.8 Å². The van der Waals surface area contributed by atoms with E-state index in [9.17, 15) is 9.59 Å². The Balaban J connectivity index is 1.12. The van der Waals surface area contributed by atoms with Crippen LogP contribution in [0, 0.1) is 0 Å². The van der Waals surface area contributed by atoms with Crippen LogP contribution in [0.5, 0.6) is 0 Å². The third-order valence-corrected chi connectivity index (χ3v) is 8.82. The number of rotatable bonds is 8. The topological polar surface area (TPSA) is 152 Å². The Hall–Kier alpha value is -6.24. The summed E-state index contributed by atoms with van der Waals surface area (Å²) in [4.78, 5) is 52.5. The Morgan fingerprint density at radius 1 is 0.904 bits per heavy atom. The summed E-state index contributed by atoms with van der Waals surface area (Å²) in [6.45, 7) is 6.85. The summed E-state index contributed by atoms with van der Waals surface area (Å²) in [6, 6.07) is 23.7. The van der Waals surface area contributed by atoms with Crippen LogP contribution in [0.25, 0.3) is 44.8 Å². The first-order valence-corrected chi connectivity index (χ1v) is 17.2. The normalized spacial score (nSPS) is 13.6. The van der Waals surface area contributed by atoms with Gasteiger partial charge < -0.3 is 24.4 Å². The first-order chi connectivity index (χ1) is 25.1. The Morgan fingerprint density at radius 2 is 1.65 bits per heavy atom. The van der Waals surface area contributed by atoms with E-state index in [0.29, 0.717) is 55.2 Å². The average molecular weight is 698 g/mol. The smallest absolute Gasteiger partial charge is 0.410 e. The summed E-state index contributed by atoms with van der Waals surface area (Å²) in [5.74, 6) is 0.851. The lowest BCUT2D eigenvalue weighted by atomic mass is 10.0. The van der Waals surface area contributed by atoms with Gasteiger partial charge in [-0.2, -0.15) is 4.98 Å². The molecule has 0 radical (unpaired) electrons. The van der Waals surface area contributed by atoms with Crippen LogP contribution in [0.2, 0.25) is 0 Å². The van der Waals surface area contributed by atoms with Crippen LogP contribution in [-0.2, 0) is 11.3 Å². The Kier molecular flexibility index (Phi) is 9.57. The van der Waals surface area contributed by atoms with E-state index in [2.05, 4.69) is 43.6 Å². The number of hydrogen-bond acceptors (Lipinski definition) is 11. The molecule has 1 fully saturated rings. The molecule has 0 bridgehead atoms. The molecule has 0 spiro atoms. The first kappa shape index (κ1) is 34.2. The molecule has 13 heteroatoms. The summed E-state index contributed by atoms with van der Waals surface area (Å²) in [5, 5.41) is 8.50. The fourth-order valence-electron chi connectivity index (χ4n) is 6.16. The van der Waals surface area contributed by atoms with E-state index < -0.39 is 5.60 Å². The number of hydrogen-bond donors (Lipinski definition) is 1. The molecule has 1 aliphatic rings. The number of carbonyl (C=O) groups excluding carboxylic acids is 2. The van der Waals surface area contributed by atoms with Gasteiger partial charge in [0.05, 0.1) is 23.1 Å². The van der Waals surface area contributed by atoms with E-state index in [0.717, 1.165) is 27.7 Å². The van der Waals surface area contributed by atoms with Crippen LogP contribution in [0.4, 0.5) is 10.6 Å². The molecule has 6 aromatic rings. The van der Waals surface area contributed by atoms with E-state index >= 15 is 0 Å². The zero-order valence-corrected chi connectivity index (χ0v) is 29.5. The zero-order valence-electron chi connectivity index (χ0n) is 29.5. The van der Waals surface area contributed by atoms with Gasteiger partial charge in [0, 0.05) is 55.9 Å². The molecule has 0 saturated carbocycles. The van der Waals surface area contributed by atoms with Crippen LogP contribution < -0.4 is 5.32 Å². The molecular weight excluding hydrogens is 658 g/mol. The van der Waals surface area contributed by atoms with Gasteiger partial charge in [-0.25, -0.2) is 14.8 Å². The lowest BCUT2D eigenvalue weighted by molar-refractivity contribution is 0.0152. The van der Waals surface area contributed by atoms with E-state index in [-0.39, 0.29) is 29.8 Å². The summed E-state index contributed by atoms with van der Waals surface area (Å²) < 4.78 is 10.9. The highest BCUT2D eigenvalue weighted by Crippen LogP contribution is 2.34. The zero-order chi connectivity index (χ0) is 36.2. The number of piperidine rings is 1. The van der Waals surface area contributed by atoms with E-state index in [4.69, 9.17) is 19.2 Å². The predicted octanol–water partition coefficient (Wildman–Crippen LogP) is 6.89. The third-order valence-electron chi connectivity index (χ3n) is 8.82. The molecule has 0 aliphatic carbocycles. The molecule has 264 valence electrons. The van der Waals surface area contributed by atoms with Crippen molar-refractivity contribution in [3.8, 4) is 33.9 Å². The Morgan fingerprint density at radius 3 is 2.38 bits per heavy atom. The molecule has 1 saturated heterocycles. The number of fused-ring (bicyclic) bond motifs is 1. The van der Waals surface area contributed by atoms with Crippen molar-refractivity contribution in [1.82, 2.24) is 39.9 Å². The molecule has 52 heavy (non-hydrogen) atoms. The minimum atomic E-state index is -0.581. The van der Waals surface area contributed by atoms with Gasteiger partial charge in [-0.15, -0.1) is 0 Å². The second kappa shape index (κ2) is 14.5. The highest BCUT2D eigenvalue weighted by atomic mass is 16.6. The lowest BCUT2D eigenvalue weighted by Gasteiger charge is -2.36. The summed E-state index contributed by atoms with van der Waals surface area (Å²) >= 11 is 0. The number of aromatic nitrogens is 6. The Labute approximate surface area is 301 Å². The van der Waals surface area contributed by atoms with Gasteiger partial charge in [0.1, 0.15) is 11.4 Å². The molecule has 1 N–H and O–H groups in total. The molecule has 4 aromatic heterocycles. The fraction of sp³-hybridized carbons (Fsp3) is 0.282. The van der Waals surface area contributed by atoms with Crippen molar-refractivity contribution in [2.45, 2.75) is 51.8 Å². The molecule has 2 amide bonds. The van der Waals surface area contributed by atoms with Gasteiger partial charge in [0.2, 0.25) is 5.82 Å². The second-order valence-corrected chi connectivity index (χ2v) is 13.6. The van der Waals surface area contributed by atoms with Gasteiger partial charge in [-0.1, -0.05) is 53.7 Å². The van der Waals surface area contributed by atoms with E-state index in [1.807, 2.05) is 75.4 Å². The van der Waals surface area contributed by atoms with E-state index in [1.54, 1.807) is 35.4 Å². The summed E-state index contributed by atoms with van der Waals surface area (Å²) in [6.07, 6.45) is 5.88. The molecule has 2 aromatic carbocycles. The van der Waals surface area contributed by atoms with Gasteiger partial charge in [-0.05, 0) is 69.0 Å². The van der Waals surface area contributed by atoms with Crippen LogP contribution in [0.1, 0.15) is 50.0 Å². The number of nitrogens with zero attached hydrogens (tertiary/aromatic N) is 8. The SMILES string of the molecule is CN(C(=O)OC(C)(C)C)C1CCN(C(=O)c2nc(-c3cncc(-c4nc(NCc5ccccn5)c5c(-c6ccccc6)cccc5n4)c3)no2)CC1. The standard InChI is InChI=1S/C39H39N9O4/c1-39(2,3)51-38(50)47(4)29-16-19-48(20-17-29)37(49)36-45-34(46-52-36)27-21-26(22-40-23-27)33-43-31-15-10-14-30(25-11-6-5-7-12-25)32(31)35(44-33)42-24-28-13-8-9-18-41-28/h5-15,18,21-23,29H,16-17,19-20,24H2,1-4H3,(H,42,43,44). The lowest BCUT2D eigenvalue weighted by Crippen LogP contribution is -2.48. The molecule has 0 atom stereocenters. The monoisotopic (exact) mass is 697 g/mol. The molecule has 0 unspecified atom stereocenters. The minimum absolute atomic E-state index is 0.0427. The van der Waals surface area contributed by atoms with Crippen molar-refractivity contribution in [2.24, 2.45) is 0 Å². The molecule has 5 heterocycles. The predicted molar refractivity (Wildman–Crippen MR) is 196 cm³/mol. The van der Waals surface area contributed by atoms with Crippen molar-refractivity contribution in [2.75, 3.05) is 25.5 Å². The van der Waals surface area contributed by atoms with Crippen molar-refractivity contribution >= 4 is 28.7 Å². The number of anilines is 1. The van der Waals surface area contributed by atoms with Crippen molar-refractivity contribution in [3.63, 3.8) is 0 Å². The molecular formula is C39H39N9O4. The quantitative estimate of drug-likeness (QED) is 0.177. The fourth-order valence-corrected chi connectivity index (χ4v) is 6.16. The first-order valence-electron chi connectivity index (χ1n) is 17.2.